The normalized spacial score (nSPS) is 19.7. The van der Waals surface area contributed by atoms with Crippen LogP contribution in [0.3, 0.4) is 0 Å². The summed E-state index contributed by atoms with van der Waals surface area (Å²) < 4.78 is 5.53. The van der Waals surface area contributed by atoms with Gasteiger partial charge in [-0.1, -0.05) is 6.07 Å². The summed E-state index contributed by atoms with van der Waals surface area (Å²) in [5.41, 5.74) is 2.49. The van der Waals surface area contributed by atoms with Crippen LogP contribution < -0.4 is 4.74 Å². The molecule has 1 atom stereocenters. The molecule has 1 N–H and O–H groups in total. The number of nitrogens with zero attached hydrogens (tertiary/aromatic N) is 2. The Bertz CT molecular complexity index is 1160. The van der Waals surface area contributed by atoms with Gasteiger partial charge in [-0.2, -0.15) is 0 Å². The molecule has 1 aromatic carbocycles. The van der Waals surface area contributed by atoms with Crippen LogP contribution in [0.2, 0.25) is 0 Å². The third-order valence-electron chi connectivity index (χ3n) is 5.42. The van der Waals surface area contributed by atoms with Crippen LogP contribution >= 0.6 is 11.3 Å². The van der Waals surface area contributed by atoms with Gasteiger partial charge in [-0.25, -0.2) is 0 Å². The van der Waals surface area contributed by atoms with Crippen molar-refractivity contribution in [3.05, 3.63) is 87.4 Å². The molecule has 7 heteroatoms. The maximum Gasteiger partial charge on any atom is 0.295 e. The van der Waals surface area contributed by atoms with Crippen molar-refractivity contribution < 1.29 is 19.4 Å². The summed E-state index contributed by atoms with van der Waals surface area (Å²) in [5.74, 6) is -0.647. The van der Waals surface area contributed by atoms with Crippen LogP contribution in [0.1, 0.15) is 27.6 Å². The van der Waals surface area contributed by atoms with Crippen LogP contribution in [0, 0.1) is 0 Å². The van der Waals surface area contributed by atoms with Crippen molar-refractivity contribution in [2.24, 2.45) is 0 Å². The number of fused-ring (bicyclic) bond motifs is 1. The van der Waals surface area contributed by atoms with Crippen molar-refractivity contribution in [2.75, 3.05) is 6.61 Å². The predicted molar refractivity (Wildman–Crippen MR) is 112 cm³/mol. The number of rotatable bonds is 4. The molecule has 0 radical (unpaired) electrons. The van der Waals surface area contributed by atoms with E-state index in [1.54, 1.807) is 24.5 Å². The Morgan fingerprint density at radius 2 is 2.03 bits per heavy atom. The molecule has 2 aliphatic heterocycles. The van der Waals surface area contributed by atoms with Crippen molar-refractivity contribution in [1.82, 2.24) is 9.88 Å². The second-order valence-corrected chi connectivity index (χ2v) is 8.20. The van der Waals surface area contributed by atoms with Gasteiger partial charge in [-0.3, -0.25) is 14.6 Å². The van der Waals surface area contributed by atoms with Gasteiger partial charge in [0.2, 0.25) is 0 Å². The van der Waals surface area contributed by atoms with Crippen molar-refractivity contribution in [3.8, 4) is 5.75 Å². The second-order valence-electron chi connectivity index (χ2n) is 7.22. The van der Waals surface area contributed by atoms with Crippen LogP contribution in [0.5, 0.6) is 5.75 Å². The average Bonchev–Trinajstić information content (AvgIpc) is 3.50. The van der Waals surface area contributed by atoms with Gasteiger partial charge in [0, 0.05) is 35.8 Å². The number of hydrogen-bond donors (Lipinski definition) is 1. The van der Waals surface area contributed by atoms with Crippen LogP contribution in [-0.2, 0) is 22.6 Å². The highest BCUT2D eigenvalue weighted by Crippen LogP contribution is 2.42. The first kappa shape index (κ1) is 18.6. The van der Waals surface area contributed by atoms with Crippen molar-refractivity contribution in [1.29, 1.82) is 0 Å². The maximum absolute atomic E-state index is 13.0. The van der Waals surface area contributed by atoms with E-state index in [9.17, 15) is 14.7 Å². The van der Waals surface area contributed by atoms with E-state index < -0.39 is 17.7 Å². The number of ketones is 1. The van der Waals surface area contributed by atoms with Gasteiger partial charge in [0.1, 0.15) is 11.5 Å². The lowest BCUT2D eigenvalue weighted by Crippen LogP contribution is -2.28. The minimum atomic E-state index is -0.670. The molecule has 4 heterocycles. The Morgan fingerprint density at radius 1 is 1.20 bits per heavy atom. The molecule has 0 saturated carbocycles. The van der Waals surface area contributed by atoms with E-state index in [2.05, 4.69) is 4.98 Å². The highest BCUT2D eigenvalue weighted by Gasteiger charge is 2.46. The molecule has 30 heavy (non-hydrogen) atoms. The van der Waals surface area contributed by atoms with Crippen LogP contribution in [0.15, 0.2) is 65.8 Å². The van der Waals surface area contributed by atoms with E-state index in [0.717, 1.165) is 28.2 Å². The zero-order valence-electron chi connectivity index (χ0n) is 15.9. The molecule has 5 rings (SSSR count). The molecular formula is C23H18N2O4S. The number of carbonyl (C=O) groups excluding carboxylic acids is 2. The lowest BCUT2D eigenvalue weighted by molar-refractivity contribution is -0.140. The Hall–Kier alpha value is -3.45. The topological polar surface area (TPSA) is 79.7 Å². The van der Waals surface area contributed by atoms with E-state index in [0.29, 0.717) is 12.2 Å². The van der Waals surface area contributed by atoms with Gasteiger partial charge in [-0.05, 0) is 52.9 Å². The molecule has 3 aromatic rings. The van der Waals surface area contributed by atoms with Crippen LogP contribution in [-0.4, -0.2) is 33.3 Å². The summed E-state index contributed by atoms with van der Waals surface area (Å²) >= 11 is 1.45. The SMILES string of the molecule is O=C1C(=O)N(Cc2ccncc2)C(c2cccs2)/C1=C(/O)c1ccc2c(c1)CCO2. The first-order valence-electron chi connectivity index (χ1n) is 9.60. The number of amides is 1. The van der Waals surface area contributed by atoms with E-state index in [-0.39, 0.29) is 17.9 Å². The minimum Gasteiger partial charge on any atom is -0.507 e. The zero-order chi connectivity index (χ0) is 20.7. The molecule has 0 bridgehead atoms. The Morgan fingerprint density at radius 3 is 2.80 bits per heavy atom. The van der Waals surface area contributed by atoms with Gasteiger partial charge in [-0.15, -0.1) is 11.3 Å². The summed E-state index contributed by atoms with van der Waals surface area (Å²) in [6.07, 6.45) is 4.05. The van der Waals surface area contributed by atoms with E-state index in [1.165, 1.54) is 16.2 Å². The maximum atomic E-state index is 13.0. The largest absolute Gasteiger partial charge is 0.507 e. The average molecular weight is 418 g/mol. The quantitative estimate of drug-likeness (QED) is 0.397. The highest BCUT2D eigenvalue weighted by atomic mass is 32.1. The van der Waals surface area contributed by atoms with Gasteiger partial charge >= 0.3 is 0 Å². The molecule has 2 aliphatic rings. The smallest absolute Gasteiger partial charge is 0.295 e. The number of benzene rings is 1. The number of likely N-dealkylation sites (tertiary alicyclic amines) is 1. The number of aliphatic hydroxyl groups excluding tert-OH is 1. The lowest BCUT2D eigenvalue weighted by atomic mass is 9.98. The summed E-state index contributed by atoms with van der Waals surface area (Å²) in [4.78, 5) is 32.3. The van der Waals surface area contributed by atoms with E-state index in [4.69, 9.17) is 4.74 Å². The Balaban J connectivity index is 1.61. The fourth-order valence-corrected chi connectivity index (χ4v) is 4.81. The standard InChI is InChI=1S/C23H18N2O4S/c26-21(16-3-4-17-15(12-16)7-10-29-17)19-20(18-2-1-11-30-18)25(23(28)22(19)27)13-14-5-8-24-9-6-14/h1-6,8-9,11-12,20,26H,7,10,13H2/b21-19-. The number of aromatic nitrogens is 1. The second kappa shape index (κ2) is 7.42. The van der Waals surface area contributed by atoms with Gasteiger partial charge in [0.05, 0.1) is 18.2 Å². The molecule has 150 valence electrons. The summed E-state index contributed by atoms with van der Waals surface area (Å²) in [6, 6.07) is 12.1. The third-order valence-corrected chi connectivity index (χ3v) is 6.34. The van der Waals surface area contributed by atoms with Crippen molar-refractivity contribution in [2.45, 2.75) is 19.0 Å². The van der Waals surface area contributed by atoms with Crippen LogP contribution in [0.25, 0.3) is 5.76 Å². The summed E-state index contributed by atoms with van der Waals surface area (Å²) in [6.45, 7) is 0.857. The first-order chi connectivity index (χ1) is 14.6. The molecule has 0 aliphatic carbocycles. The van der Waals surface area contributed by atoms with Gasteiger partial charge < -0.3 is 14.7 Å². The number of aliphatic hydroxyl groups is 1. The number of hydrogen-bond acceptors (Lipinski definition) is 6. The monoisotopic (exact) mass is 418 g/mol. The summed E-state index contributed by atoms with van der Waals surface area (Å²) in [5, 5.41) is 13.0. The molecule has 2 aromatic heterocycles. The number of Topliss-reactive ketones (excluding diaryl/α,β-unsaturated/α-hetero) is 1. The predicted octanol–water partition coefficient (Wildman–Crippen LogP) is 3.70. The molecular weight excluding hydrogens is 400 g/mol. The molecule has 1 amide bonds. The lowest BCUT2D eigenvalue weighted by Gasteiger charge is -2.24. The Labute approximate surface area is 177 Å². The molecule has 0 spiro atoms. The number of thiophene rings is 1. The van der Waals surface area contributed by atoms with E-state index >= 15 is 0 Å². The fraction of sp³-hybridized carbons (Fsp3) is 0.174. The van der Waals surface area contributed by atoms with Crippen molar-refractivity contribution >= 4 is 28.8 Å². The molecule has 6 nitrogen and oxygen atoms in total. The number of carbonyl (C=O) groups is 2. The van der Waals surface area contributed by atoms with Crippen molar-refractivity contribution in [3.63, 3.8) is 0 Å². The van der Waals surface area contributed by atoms with E-state index in [1.807, 2.05) is 35.7 Å². The van der Waals surface area contributed by atoms with Crippen LogP contribution in [0.4, 0.5) is 0 Å². The fourth-order valence-electron chi connectivity index (χ4n) is 3.96. The minimum absolute atomic E-state index is 0.121. The number of pyridine rings is 1. The zero-order valence-corrected chi connectivity index (χ0v) is 16.8. The summed E-state index contributed by atoms with van der Waals surface area (Å²) in [7, 11) is 0. The van der Waals surface area contributed by atoms with Gasteiger partial charge in [0.15, 0.2) is 0 Å². The number of ether oxygens (including phenoxy) is 1. The molecule has 1 saturated heterocycles. The Kier molecular flexibility index (Phi) is 4.59. The highest BCUT2D eigenvalue weighted by molar-refractivity contribution is 7.10. The third kappa shape index (κ3) is 3.07. The molecule has 1 unspecified atom stereocenters. The molecule has 1 fully saturated rings. The van der Waals surface area contributed by atoms with Gasteiger partial charge in [0.25, 0.3) is 11.7 Å². The first-order valence-corrected chi connectivity index (χ1v) is 10.5.